The number of hydrogen-bond acceptors (Lipinski definition) is 4. The van der Waals surface area contributed by atoms with Crippen LogP contribution in [-0.4, -0.2) is 56.2 Å². The minimum atomic E-state index is 0.140. The normalized spacial score (nSPS) is 32.0. The second-order valence-corrected chi connectivity index (χ2v) is 6.39. The molecule has 1 aliphatic heterocycles. The van der Waals surface area contributed by atoms with Crippen LogP contribution in [0, 0.1) is 5.92 Å². The van der Waals surface area contributed by atoms with Gasteiger partial charge in [-0.15, -0.1) is 0 Å². The van der Waals surface area contributed by atoms with E-state index in [9.17, 15) is 4.79 Å². The van der Waals surface area contributed by atoms with E-state index in [1.165, 1.54) is 12.8 Å². The van der Waals surface area contributed by atoms with Gasteiger partial charge in [0.2, 0.25) is 5.91 Å². The summed E-state index contributed by atoms with van der Waals surface area (Å²) in [7, 11) is 2.09. The summed E-state index contributed by atoms with van der Waals surface area (Å²) >= 11 is 0. The van der Waals surface area contributed by atoms with E-state index in [0.29, 0.717) is 24.9 Å². The first-order valence-corrected chi connectivity index (χ1v) is 7.96. The van der Waals surface area contributed by atoms with E-state index in [4.69, 9.17) is 10.5 Å². The van der Waals surface area contributed by atoms with Gasteiger partial charge >= 0.3 is 0 Å². The monoisotopic (exact) mass is 283 g/mol. The van der Waals surface area contributed by atoms with Gasteiger partial charge in [-0.25, -0.2) is 0 Å². The zero-order valence-corrected chi connectivity index (χ0v) is 12.6. The Morgan fingerprint density at radius 2 is 2.30 bits per heavy atom. The SMILES string of the molecule is CN1CCOC(CNC(=O)CCC2CCCC(N)C2)C1. The van der Waals surface area contributed by atoms with Gasteiger partial charge in [-0.1, -0.05) is 12.8 Å². The second-order valence-electron chi connectivity index (χ2n) is 6.39. The number of ether oxygens (including phenoxy) is 1. The Morgan fingerprint density at radius 1 is 1.45 bits per heavy atom. The zero-order valence-electron chi connectivity index (χ0n) is 12.6. The molecular weight excluding hydrogens is 254 g/mol. The fourth-order valence-electron chi connectivity index (χ4n) is 3.24. The van der Waals surface area contributed by atoms with Gasteiger partial charge in [0.25, 0.3) is 0 Å². The molecule has 1 heterocycles. The van der Waals surface area contributed by atoms with E-state index in [1.807, 2.05) is 0 Å². The lowest BCUT2D eigenvalue weighted by Crippen LogP contribution is -2.45. The van der Waals surface area contributed by atoms with E-state index < -0.39 is 0 Å². The van der Waals surface area contributed by atoms with Crippen LogP contribution in [0.25, 0.3) is 0 Å². The Bertz CT molecular complexity index is 283. The Kier molecular flexibility index (Phi) is 6.26. The van der Waals surface area contributed by atoms with Crippen molar-refractivity contribution in [1.82, 2.24) is 10.2 Å². The van der Waals surface area contributed by atoms with Crippen LogP contribution in [0.4, 0.5) is 0 Å². The van der Waals surface area contributed by atoms with Crippen molar-refractivity contribution < 1.29 is 9.53 Å². The fraction of sp³-hybridized carbons (Fsp3) is 0.933. The topological polar surface area (TPSA) is 67.6 Å². The van der Waals surface area contributed by atoms with Crippen molar-refractivity contribution in [3.8, 4) is 0 Å². The number of rotatable bonds is 5. The van der Waals surface area contributed by atoms with Gasteiger partial charge in [-0.2, -0.15) is 0 Å². The summed E-state index contributed by atoms with van der Waals surface area (Å²) in [5.41, 5.74) is 5.98. The maximum Gasteiger partial charge on any atom is 0.220 e. The number of nitrogens with one attached hydrogen (secondary N) is 1. The van der Waals surface area contributed by atoms with Gasteiger partial charge in [0.1, 0.15) is 0 Å². The molecular formula is C15H29N3O2. The van der Waals surface area contributed by atoms with Crippen LogP contribution in [0.5, 0.6) is 0 Å². The van der Waals surface area contributed by atoms with E-state index in [0.717, 1.165) is 39.0 Å². The van der Waals surface area contributed by atoms with Crippen LogP contribution in [0.15, 0.2) is 0 Å². The fourth-order valence-corrected chi connectivity index (χ4v) is 3.24. The molecule has 116 valence electrons. The number of nitrogens with two attached hydrogens (primary N) is 1. The molecule has 20 heavy (non-hydrogen) atoms. The van der Waals surface area contributed by atoms with E-state index in [2.05, 4.69) is 17.3 Å². The van der Waals surface area contributed by atoms with Crippen LogP contribution < -0.4 is 11.1 Å². The Labute approximate surface area is 122 Å². The second kappa shape index (κ2) is 7.96. The molecule has 0 aromatic carbocycles. The number of carbonyl (C=O) groups is 1. The average Bonchev–Trinajstić information content (AvgIpc) is 2.43. The number of hydrogen-bond donors (Lipinski definition) is 2. The Morgan fingerprint density at radius 3 is 3.05 bits per heavy atom. The summed E-state index contributed by atoms with van der Waals surface area (Å²) in [6.07, 6.45) is 6.43. The minimum Gasteiger partial charge on any atom is -0.374 e. The first kappa shape index (κ1) is 15.7. The lowest BCUT2D eigenvalue weighted by Gasteiger charge is -2.30. The molecule has 2 rings (SSSR count). The third-order valence-electron chi connectivity index (χ3n) is 4.47. The molecule has 2 fully saturated rings. The third-order valence-corrected chi connectivity index (χ3v) is 4.47. The van der Waals surface area contributed by atoms with Crippen molar-refractivity contribution in [1.29, 1.82) is 0 Å². The number of amides is 1. The molecule has 5 heteroatoms. The largest absolute Gasteiger partial charge is 0.374 e. The highest BCUT2D eigenvalue weighted by molar-refractivity contribution is 5.75. The summed E-state index contributed by atoms with van der Waals surface area (Å²) in [6, 6.07) is 0.350. The lowest BCUT2D eigenvalue weighted by molar-refractivity contribution is -0.122. The molecule has 0 aromatic heterocycles. The maximum atomic E-state index is 11.9. The van der Waals surface area contributed by atoms with Crippen LogP contribution in [0.2, 0.25) is 0 Å². The molecule has 1 amide bonds. The van der Waals surface area contributed by atoms with Gasteiger partial charge in [-0.3, -0.25) is 4.79 Å². The van der Waals surface area contributed by atoms with Crippen LogP contribution in [0.3, 0.4) is 0 Å². The van der Waals surface area contributed by atoms with Crippen LogP contribution >= 0.6 is 0 Å². The summed E-state index contributed by atoms with van der Waals surface area (Å²) in [5, 5.41) is 3.00. The average molecular weight is 283 g/mol. The number of morpholine rings is 1. The highest BCUT2D eigenvalue weighted by Gasteiger charge is 2.21. The smallest absolute Gasteiger partial charge is 0.220 e. The van der Waals surface area contributed by atoms with Gasteiger partial charge in [0.15, 0.2) is 0 Å². The van der Waals surface area contributed by atoms with E-state index in [1.54, 1.807) is 0 Å². The first-order chi connectivity index (χ1) is 9.63. The van der Waals surface area contributed by atoms with E-state index >= 15 is 0 Å². The molecule has 0 spiro atoms. The van der Waals surface area contributed by atoms with Crippen molar-refractivity contribution in [3.05, 3.63) is 0 Å². The summed E-state index contributed by atoms with van der Waals surface area (Å²) in [6.45, 7) is 3.27. The molecule has 3 N–H and O–H groups in total. The van der Waals surface area contributed by atoms with Crippen LogP contribution in [-0.2, 0) is 9.53 Å². The van der Waals surface area contributed by atoms with Crippen molar-refractivity contribution >= 4 is 5.91 Å². The molecule has 1 saturated carbocycles. The Balaban J connectivity index is 1.58. The van der Waals surface area contributed by atoms with E-state index in [-0.39, 0.29) is 12.0 Å². The van der Waals surface area contributed by atoms with Crippen molar-refractivity contribution in [2.75, 3.05) is 33.3 Å². The predicted octanol–water partition coefficient (Wildman–Crippen LogP) is 0.731. The van der Waals surface area contributed by atoms with Gasteiger partial charge in [0, 0.05) is 32.1 Å². The molecule has 1 saturated heterocycles. The number of nitrogens with zero attached hydrogens (tertiary/aromatic N) is 1. The highest BCUT2D eigenvalue weighted by atomic mass is 16.5. The number of likely N-dealkylation sites (N-methyl/N-ethyl adjacent to an activating group) is 1. The maximum absolute atomic E-state index is 11.9. The third kappa shape index (κ3) is 5.38. The Hall–Kier alpha value is -0.650. The molecule has 2 aliphatic rings. The highest BCUT2D eigenvalue weighted by Crippen LogP contribution is 2.26. The lowest BCUT2D eigenvalue weighted by atomic mass is 9.83. The van der Waals surface area contributed by atoms with Crippen LogP contribution in [0.1, 0.15) is 38.5 Å². The molecule has 3 unspecified atom stereocenters. The molecule has 0 radical (unpaired) electrons. The quantitative estimate of drug-likeness (QED) is 0.780. The molecule has 3 atom stereocenters. The summed E-state index contributed by atoms with van der Waals surface area (Å²) in [4.78, 5) is 14.1. The molecule has 1 aliphatic carbocycles. The molecule has 5 nitrogen and oxygen atoms in total. The molecule has 0 bridgehead atoms. The predicted molar refractivity (Wildman–Crippen MR) is 79.4 cm³/mol. The minimum absolute atomic E-state index is 0.140. The van der Waals surface area contributed by atoms with Crippen molar-refractivity contribution in [2.24, 2.45) is 11.7 Å². The first-order valence-electron chi connectivity index (χ1n) is 7.96. The van der Waals surface area contributed by atoms with Crippen molar-refractivity contribution in [2.45, 2.75) is 50.7 Å². The summed E-state index contributed by atoms with van der Waals surface area (Å²) < 4.78 is 5.63. The van der Waals surface area contributed by atoms with Crippen molar-refractivity contribution in [3.63, 3.8) is 0 Å². The summed E-state index contributed by atoms with van der Waals surface area (Å²) in [5.74, 6) is 0.794. The number of carbonyl (C=O) groups excluding carboxylic acids is 1. The van der Waals surface area contributed by atoms with Gasteiger partial charge in [-0.05, 0) is 32.2 Å². The molecule has 0 aromatic rings. The standard InChI is InChI=1S/C15H29N3O2/c1-18-7-8-20-14(11-18)10-17-15(19)6-5-12-3-2-4-13(16)9-12/h12-14H,2-11,16H2,1H3,(H,17,19). The zero-order chi connectivity index (χ0) is 14.4. The van der Waals surface area contributed by atoms with Gasteiger partial charge < -0.3 is 20.7 Å². The van der Waals surface area contributed by atoms with Gasteiger partial charge in [0.05, 0.1) is 12.7 Å².